The van der Waals surface area contributed by atoms with Crippen molar-refractivity contribution in [3.8, 4) is 0 Å². The minimum Gasteiger partial charge on any atom is -0.373 e. The molecule has 9 heteroatoms. The lowest BCUT2D eigenvalue weighted by atomic mass is 10.1. The molecular formula is C23H30ClN3O4S. The molecular weight excluding hydrogens is 450 g/mol. The molecule has 1 N–H and O–H groups in total. The monoisotopic (exact) mass is 479 g/mol. The van der Waals surface area contributed by atoms with Gasteiger partial charge in [-0.05, 0) is 63.8 Å². The van der Waals surface area contributed by atoms with E-state index in [0.717, 1.165) is 5.56 Å². The van der Waals surface area contributed by atoms with Crippen LogP contribution in [0.2, 0.25) is 5.02 Å². The molecule has 0 bridgehead atoms. The summed E-state index contributed by atoms with van der Waals surface area (Å²) in [6, 6.07) is 13.5. The lowest BCUT2D eigenvalue weighted by molar-refractivity contribution is -0.0440. The molecule has 0 radical (unpaired) electrons. The van der Waals surface area contributed by atoms with Crippen LogP contribution < -0.4 is 5.32 Å². The van der Waals surface area contributed by atoms with Crippen molar-refractivity contribution in [2.45, 2.75) is 37.0 Å². The number of rotatable bonds is 7. The molecule has 0 spiro atoms. The SMILES string of the molecule is C[C@@H]1CN(S(=O)(=O)c2ccc(C(=O)NC[C@@H](c3ccccc3Cl)N(C)C)cc2)C[C@@H](C)O1. The highest BCUT2D eigenvalue weighted by Gasteiger charge is 2.32. The number of amides is 1. The van der Waals surface area contributed by atoms with Crippen molar-refractivity contribution in [2.75, 3.05) is 33.7 Å². The van der Waals surface area contributed by atoms with E-state index >= 15 is 0 Å². The molecule has 1 amide bonds. The fraction of sp³-hybridized carbons (Fsp3) is 0.435. The summed E-state index contributed by atoms with van der Waals surface area (Å²) in [7, 11) is 0.200. The van der Waals surface area contributed by atoms with Gasteiger partial charge in [0.25, 0.3) is 5.91 Å². The van der Waals surface area contributed by atoms with Crippen LogP contribution in [0.4, 0.5) is 0 Å². The van der Waals surface area contributed by atoms with E-state index < -0.39 is 10.0 Å². The minimum atomic E-state index is -3.65. The quantitative estimate of drug-likeness (QED) is 0.659. The van der Waals surface area contributed by atoms with Crippen LogP contribution in [-0.4, -0.2) is 69.5 Å². The molecule has 1 aliphatic rings. The number of hydrogen-bond acceptors (Lipinski definition) is 5. The Morgan fingerprint density at radius 1 is 1.12 bits per heavy atom. The summed E-state index contributed by atoms with van der Waals surface area (Å²) >= 11 is 6.33. The van der Waals surface area contributed by atoms with Gasteiger partial charge in [-0.3, -0.25) is 4.79 Å². The van der Waals surface area contributed by atoms with Crippen LogP contribution >= 0.6 is 11.6 Å². The Labute approximate surface area is 195 Å². The van der Waals surface area contributed by atoms with E-state index in [9.17, 15) is 13.2 Å². The number of carbonyl (C=O) groups excluding carboxylic acids is 1. The van der Waals surface area contributed by atoms with E-state index in [1.807, 2.05) is 57.1 Å². The lowest BCUT2D eigenvalue weighted by Crippen LogP contribution is -2.48. The third kappa shape index (κ3) is 5.68. The number of ether oxygens (including phenoxy) is 1. The molecule has 1 heterocycles. The van der Waals surface area contributed by atoms with E-state index in [-0.39, 0.29) is 29.1 Å². The predicted molar refractivity (Wildman–Crippen MR) is 125 cm³/mol. The van der Waals surface area contributed by atoms with Crippen LogP contribution in [0.5, 0.6) is 0 Å². The zero-order valence-electron chi connectivity index (χ0n) is 18.8. The van der Waals surface area contributed by atoms with Crippen LogP contribution in [0.15, 0.2) is 53.4 Å². The van der Waals surface area contributed by atoms with E-state index in [4.69, 9.17) is 16.3 Å². The van der Waals surface area contributed by atoms with Gasteiger partial charge in [-0.15, -0.1) is 0 Å². The molecule has 1 saturated heterocycles. The Bertz CT molecular complexity index is 1030. The van der Waals surface area contributed by atoms with Gasteiger partial charge >= 0.3 is 0 Å². The number of morpholine rings is 1. The van der Waals surface area contributed by atoms with Gasteiger partial charge in [0.15, 0.2) is 0 Å². The van der Waals surface area contributed by atoms with Gasteiger partial charge < -0.3 is 15.0 Å². The van der Waals surface area contributed by atoms with Crippen LogP contribution in [0, 0.1) is 0 Å². The fourth-order valence-electron chi connectivity index (χ4n) is 3.86. The average Bonchev–Trinajstić information content (AvgIpc) is 2.74. The minimum absolute atomic E-state index is 0.0994. The van der Waals surface area contributed by atoms with Gasteiger partial charge in [-0.25, -0.2) is 8.42 Å². The Morgan fingerprint density at radius 2 is 1.72 bits per heavy atom. The Hall–Kier alpha value is -1.97. The zero-order chi connectivity index (χ0) is 23.5. The average molecular weight is 480 g/mol. The van der Waals surface area contributed by atoms with Crippen molar-refractivity contribution in [1.29, 1.82) is 0 Å². The molecule has 7 nitrogen and oxygen atoms in total. The topological polar surface area (TPSA) is 79.0 Å². The van der Waals surface area contributed by atoms with Gasteiger partial charge in [0.1, 0.15) is 0 Å². The predicted octanol–water partition coefficient (Wildman–Crippen LogP) is 3.17. The number of hydrogen-bond donors (Lipinski definition) is 1. The van der Waals surface area contributed by atoms with Crippen molar-refractivity contribution < 1.29 is 17.9 Å². The van der Waals surface area contributed by atoms with Crippen LogP contribution in [0.3, 0.4) is 0 Å². The maximum atomic E-state index is 13.0. The summed E-state index contributed by atoms with van der Waals surface area (Å²) in [5, 5.41) is 3.56. The summed E-state index contributed by atoms with van der Waals surface area (Å²) < 4.78 is 33.0. The molecule has 32 heavy (non-hydrogen) atoms. The molecule has 1 aliphatic heterocycles. The Kier molecular flexibility index (Phi) is 7.95. The lowest BCUT2D eigenvalue weighted by Gasteiger charge is -2.34. The van der Waals surface area contributed by atoms with Crippen molar-refractivity contribution in [1.82, 2.24) is 14.5 Å². The summed E-state index contributed by atoms with van der Waals surface area (Å²) in [5.41, 5.74) is 1.32. The summed E-state index contributed by atoms with van der Waals surface area (Å²) in [4.78, 5) is 14.8. The van der Waals surface area contributed by atoms with E-state index in [1.165, 1.54) is 28.6 Å². The first kappa shape index (κ1) is 24.7. The number of sulfonamides is 1. The first-order chi connectivity index (χ1) is 15.1. The second-order valence-corrected chi connectivity index (χ2v) is 10.7. The number of carbonyl (C=O) groups is 1. The smallest absolute Gasteiger partial charge is 0.251 e. The van der Waals surface area contributed by atoms with Crippen LogP contribution in [0.25, 0.3) is 0 Å². The number of nitrogens with zero attached hydrogens (tertiary/aromatic N) is 2. The van der Waals surface area contributed by atoms with Gasteiger partial charge in [0, 0.05) is 30.2 Å². The third-order valence-corrected chi connectivity index (χ3v) is 7.67. The number of benzene rings is 2. The first-order valence-electron chi connectivity index (χ1n) is 10.5. The molecule has 2 aromatic rings. The molecule has 0 aromatic heterocycles. The summed E-state index contributed by atoms with van der Waals surface area (Å²) in [5.74, 6) is -0.276. The highest BCUT2D eigenvalue weighted by atomic mass is 35.5. The van der Waals surface area contributed by atoms with Gasteiger partial charge in [-0.2, -0.15) is 4.31 Å². The zero-order valence-corrected chi connectivity index (χ0v) is 20.4. The third-order valence-electron chi connectivity index (χ3n) is 5.48. The molecule has 3 rings (SSSR count). The second kappa shape index (κ2) is 10.3. The number of likely N-dealkylation sites (N-methyl/N-ethyl adjacent to an activating group) is 1. The van der Waals surface area contributed by atoms with Crippen molar-refractivity contribution in [3.63, 3.8) is 0 Å². The van der Waals surface area contributed by atoms with E-state index in [0.29, 0.717) is 30.2 Å². The fourth-order valence-corrected chi connectivity index (χ4v) is 5.71. The number of nitrogens with one attached hydrogen (secondary N) is 1. The molecule has 3 atom stereocenters. The van der Waals surface area contributed by atoms with Gasteiger partial charge in [0.05, 0.1) is 23.1 Å². The standard InChI is InChI=1S/C23H30ClN3O4S/c1-16-14-27(15-17(2)31-16)32(29,30)19-11-9-18(10-12-19)23(28)25-13-22(26(3)4)20-7-5-6-8-21(20)24/h5-12,16-17,22H,13-15H2,1-4H3,(H,25,28)/t16-,17-,22+/m1/s1. The second-order valence-electron chi connectivity index (χ2n) is 8.31. The molecule has 1 fully saturated rings. The van der Waals surface area contributed by atoms with Crippen LogP contribution in [0.1, 0.15) is 35.8 Å². The van der Waals surface area contributed by atoms with E-state index in [1.54, 1.807) is 0 Å². The Balaban J connectivity index is 1.69. The van der Waals surface area contributed by atoms with Crippen molar-refractivity contribution in [3.05, 3.63) is 64.7 Å². The number of halogens is 1. The van der Waals surface area contributed by atoms with E-state index in [2.05, 4.69) is 5.32 Å². The molecule has 0 aliphatic carbocycles. The normalized spacial score (nSPS) is 20.8. The van der Waals surface area contributed by atoms with Gasteiger partial charge in [-0.1, -0.05) is 29.8 Å². The van der Waals surface area contributed by atoms with Crippen molar-refractivity contribution in [2.24, 2.45) is 0 Å². The molecule has 0 saturated carbocycles. The molecule has 2 aromatic carbocycles. The molecule has 0 unspecified atom stereocenters. The van der Waals surface area contributed by atoms with Crippen molar-refractivity contribution >= 4 is 27.5 Å². The van der Waals surface area contributed by atoms with Crippen LogP contribution in [-0.2, 0) is 14.8 Å². The summed E-state index contributed by atoms with van der Waals surface area (Å²) in [6.45, 7) is 4.69. The highest BCUT2D eigenvalue weighted by molar-refractivity contribution is 7.89. The maximum absolute atomic E-state index is 13.0. The highest BCUT2D eigenvalue weighted by Crippen LogP contribution is 2.26. The first-order valence-corrected chi connectivity index (χ1v) is 12.4. The van der Waals surface area contributed by atoms with Gasteiger partial charge in [0.2, 0.25) is 10.0 Å². The summed E-state index contributed by atoms with van der Waals surface area (Å²) in [6.07, 6.45) is -0.331. The Morgan fingerprint density at radius 3 is 2.28 bits per heavy atom. The largest absolute Gasteiger partial charge is 0.373 e. The maximum Gasteiger partial charge on any atom is 0.251 e. The molecule has 174 valence electrons.